The smallest absolute Gasteiger partial charge is 0.343 e. The molecule has 0 fully saturated rings. The topological polar surface area (TPSA) is 124 Å². The van der Waals surface area contributed by atoms with Gasteiger partial charge in [0, 0.05) is 0 Å². The number of esters is 4. The Labute approximate surface area is 451 Å². The van der Waals surface area contributed by atoms with E-state index in [1.54, 1.807) is 18.2 Å². The molecule has 77 heavy (non-hydrogen) atoms. The molecule has 0 aliphatic rings. The van der Waals surface area contributed by atoms with Gasteiger partial charge in [-0.25, -0.2) is 32.3 Å². The van der Waals surface area contributed by atoms with E-state index in [0.717, 1.165) is 50.7 Å². The molecule has 0 saturated heterocycles. The van der Waals surface area contributed by atoms with E-state index < -0.39 is 41.3 Å². The Kier molecular flexibility index (Phi) is 24.6. The molecule has 0 bridgehead atoms. The highest BCUT2D eigenvalue weighted by molar-refractivity contribution is 5.94. The molecule has 6 rings (SSSR count). The Hall–Kier alpha value is -7.41. The maximum atomic E-state index is 15.4. The summed E-state index contributed by atoms with van der Waals surface area (Å²) in [5.41, 5.74) is 1.07. The quantitative estimate of drug-likeness (QED) is 0.0224. The molecule has 6 aromatic rings. The van der Waals surface area contributed by atoms with E-state index in [9.17, 15) is 28.0 Å². The van der Waals surface area contributed by atoms with Crippen LogP contribution in [0.25, 0.3) is 11.1 Å². The van der Waals surface area contributed by atoms with E-state index in [4.69, 9.17) is 28.4 Å². The highest BCUT2D eigenvalue weighted by Crippen LogP contribution is 2.30. The third-order valence-corrected chi connectivity index (χ3v) is 13.0. The maximum absolute atomic E-state index is 15.4. The molecular weight excluding hydrogens is 986 g/mol. The maximum Gasteiger partial charge on any atom is 0.343 e. The highest BCUT2D eigenvalue weighted by atomic mass is 19.1. The predicted octanol–water partition coefficient (Wildman–Crippen LogP) is 17.2. The summed E-state index contributed by atoms with van der Waals surface area (Å²) in [6.45, 7) is 5.19. The van der Waals surface area contributed by atoms with Gasteiger partial charge in [0.25, 0.3) is 0 Å². The normalized spacial score (nSPS) is 11.0. The molecule has 10 nitrogen and oxygen atoms in total. The van der Waals surface area contributed by atoms with Gasteiger partial charge in [-0.1, -0.05) is 148 Å². The number of benzene rings is 6. The molecule has 0 radical (unpaired) electrons. The summed E-state index contributed by atoms with van der Waals surface area (Å²) in [4.78, 5) is 51.7. The first kappa shape index (κ1) is 58.8. The van der Waals surface area contributed by atoms with Crippen LogP contribution in [0.4, 0.5) is 13.2 Å². The van der Waals surface area contributed by atoms with Crippen molar-refractivity contribution in [2.24, 2.45) is 0 Å². The molecule has 0 aromatic heterocycles. The van der Waals surface area contributed by atoms with Gasteiger partial charge < -0.3 is 28.4 Å². The van der Waals surface area contributed by atoms with E-state index in [1.165, 1.54) is 187 Å². The van der Waals surface area contributed by atoms with Crippen molar-refractivity contribution in [1.82, 2.24) is 0 Å². The summed E-state index contributed by atoms with van der Waals surface area (Å²) in [6.07, 6.45) is 23.6. The van der Waals surface area contributed by atoms with Gasteiger partial charge in [-0.3, -0.25) is 0 Å². The minimum Gasteiger partial charge on any atom is -0.491 e. The summed E-state index contributed by atoms with van der Waals surface area (Å²) >= 11 is 0. The SMILES string of the molecule is CCCCCCCCCCCCOc1ccc(C(=O)Oc2ccc(C(=O)Oc3cccc(-c4ccc(OC(=O)c5ccc(OC(=O)c6ccc(OCCCCCCCCCCCC)c(F)c6)cc5)c(F)c4)c3)cc2)cc1F. The molecule has 0 unspecified atom stereocenters. The number of carbonyl (C=O) groups is 4. The first-order chi connectivity index (χ1) is 37.5. The average Bonchev–Trinajstić information content (AvgIpc) is 3.43. The van der Waals surface area contributed by atoms with Crippen LogP contribution in [-0.4, -0.2) is 37.1 Å². The van der Waals surface area contributed by atoms with Crippen molar-refractivity contribution in [3.05, 3.63) is 167 Å². The minimum absolute atomic E-state index is 0.00327. The Morgan fingerprint density at radius 1 is 0.325 bits per heavy atom. The number of rotatable bonds is 33. The lowest BCUT2D eigenvalue weighted by molar-refractivity contribution is 0.0717. The molecule has 0 aliphatic heterocycles. The van der Waals surface area contributed by atoms with Gasteiger partial charge in [-0.15, -0.1) is 0 Å². The Bertz CT molecular complexity index is 2810. The van der Waals surface area contributed by atoms with Gasteiger partial charge >= 0.3 is 23.9 Å². The van der Waals surface area contributed by atoms with Crippen molar-refractivity contribution >= 4 is 23.9 Å². The van der Waals surface area contributed by atoms with Crippen LogP contribution in [0.5, 0.6) is 34.5 Å². The molecule has 6 aromatic carbocycles. The molecule has 0 heterocycles. The lowest BCUT2D eigenvalue weighted by Crippen LogP contribution is -2.11. The van der Waals surface area contributed by atoms with Crippen molar-refractivity contribution in [3.63, 3.8) is 0 Å². The molecule has 0 atom stereocenters. The molecule has 0 N–H and O–H groups in total. The van der Waals surface area contributed by atoms with Crippen molar-refractivity contribution < 1.29 is 60.8 Å². The lowest BCUT2D eigenvalue weighted by Gasteiger charge is -2.10. The number of ether oxygens (including phenoxy) is 6. The van der Waals surface area contributed by atoms with Crippen molar-refractivity contribution in [2.45, 2.75) is 142 Å². The standard InChI is InChI=1S/C64H71F3O10/c1-3-5-7-9-11-13-15-17-19-21-40-72-58-37-31-50(44-55(58)65)63(70)74-52-33-26-46(27-34-52)61(68)76-54-25-23-24-48(42-54)49-30-39-60(57(67)43-49)77-62(69)47-28-35-53(36-29-47)75-64(71)51-32-38-59(56(66)45-51)73-41-22-20-18-16-14-12-10-8-6-4-2/h23-39,42-45H,3-22,40-41H2,1-2H3. The second kappa shape index (κ2) is 32.2. The van der Waals surface area contributed by atoms with Crippen molar-refractivity contribution in [3.8, 4) is 45.6 Å². The number of unbranched alkanes of at least 4 members (excludes halogenated alkanes) is 18. The van der Waals surface area contributed by atoms with Crippen molar-refractivity contribution in [1.29, 1.82) is 0 Å². The summed E-state index contributed by atoms with van der Waals surface area (Å²) < 4.78 is 78.0. The van der Waals surface area contributed by atoms with Crippen LogP contribution in [0.15, 0.2) is 127 Å². The van der Waals surface area contributed by atoms with Gasteiger partial charge in [0.2, 0.25) is 0 Å². The molecule has 0 aliphatic carbocycles. The molecule has 408 valence electrons. The molecular formula is C64H71F3O10. The summed E-state index contributed by atoms with van der Waals surface area (Å²) in [5.74, 6) is -5.19. The van der Waals surface area contributed by atoms with Crippen molar-refractivity contribution in [2.75, 3.05) is 13.2 Å². The largest absolute Gasteiger partial charge is 0.491 e. The van der Waals surface area contributed by atoms with E-state index >= 15 is 4.39 Å². The van der Waals surface area contributed by atoms with Crippen LogP contribution in [0, 0.1) is 17.5 Å². The lowest BCUT2D eigenvalue weighted by atomic mass is 10.1. The fourth-order valence-electron chi connectivity index (χ4n) is 8.51. The van der Waals surface area contributed by atoms with Gasteiger partial charge in [0.15, 0.2) is 34.7 Å². The molecule has 0 spiro atoms. The Morgan fingerprint density at radius 3 is 1.10 bits per heavy atom. The Balaban J connectivity index is 0.908. The fourth-order valence-corrected chi connectivity index (χ4v) is 8.51. The van der Waals surface area contributed by atoms with E-state index in [0.29, 0.717) is 24.3 Å². The zero-order valence-corrected chi connectivity index (χ0v) is 44.4. The van der Waals surface area contributed by atoms with E-state index in [2.05, 4.69) is 13.8 Å². The minimum atomic E-state index is -0.870. The number of halogens is 3. The average molecular weight is 1060 g/mol. The predicted molar refractivity (Wildman–Crippen MR) is 292 cm³/mol. The second-order valence-corrected chi connectivity index (χ2v) is 19.1. The van der Waals surface area contributed by atoms with Gasteiger partial charge in [0.1, 0.15) is 17.2 Å². The van der Waals surface area contributed by atoms with Crippen LogP contribution in [0.3, 0.4) is 0 Å². The second-order valence-electron chi connectivity index (χ2n) is 19.1. The zero-order valence-electron chi connectivity index (χ0n) is 44.4. The van der Waals surface area contributed by atoms with E-state index in [-0.39, 0.29) is 56.8 Å². The van der Waals surface area contributed by atoms with Crippen LogP contribution >= 0.6 is 0 Å². The number of hydrogen-bond donors (Lipinski definition) is 0. The van der Waals surface area contributed by atoms with Crippen LogP contribution in [-0.2, 0) is 0 Å². The third kappa shape index (κ3) is 19.9. The summed E-state index contributed by atoms with van der Waals surface area (Å²) in [6, 6.07) is 29.3. The zero-order chi connectivity index (χ0) is 54.6. The van der Waals surface area contributed by atoms with Gasteiger partial charge in [0.05, 0.1) is 35.5 Å². The molecule has 13 heteroatoms. The third-order valence-electron chi connectivity index (χ3n) is 13.0. The highest BCUT2D eigenvalue weighted by Gasteiger charge is 2.18. The van der Waals surface area contributed by atoms with Gasteiger partial charge in [-0.05, 0) is 133 Å². The Morgan fingerprint density at radius 2 is 0.675 bits per heavy atom. The first-order valence-corrected chi connectivity index (χ1v) is 27.3. The monoisotopic (exact) mass is 1060 g/mol. The molecule has 0 amide bonds. The van der Waals surface area contributed by atoms with Crippen LogP contribution < -0.4 is 28.4 Å². The molecule has 0 saturated carbocycles. The van der Waals surface area contributed by atoms with E-state index in [1.807, 2.05) is 0 Å². The van der Waals surface area contributed by atoms with Crippen LogP contribution in [0.1, 0.15) is 184 Å². The summed E-state index contributed by atoms with van der Waals surface area (Å²) in [5, 5.41) is 0. The fraction of sp³-hybridized carbons (Fsp3) is 0.375. The van der Waals surface area contributed by atoms with Gasteiger partial charge in [-0.2, -0.15) is 0 Å². The van der Waals surface area contributed by atoms with Crippen LogP contribution in [0.2, 0.25) is 0 Å². The number of carbonyl (C=O) groups excluding carboxylic acids is 4. The summed E-state index contributed by atoms with van der Waals surface area (Å²) in [7, 11) is 0. The number of hydrogen-bond acceptors (Lipinski definition) is 10. The first-order valence-electron chi connectivity index (χ1n) is 27.3.